The van der Waals surface area contributed by atoms with Gasteiger partial charge in [-0.2, -0.15) is 0 Å². The standard InChI is InChI=1S/C23H17NO4/c1-23(2)11-16(25)19-18(28-23)10-17(27-3)20-21(19)24-15-9-13-7-5-4-6-12(13)8-14(15)22(20)26/h4-10H,1-3H3,(H,24,26). The summed E-state index contributed by atoms with van der Waals surface area (Å²) in [6.07, 6.45) is 2.81. The van der Waals surface area contributed by atoms with Crippen LogP contribution in [0.1, 0.15) is 24.2 Å². The lowest BCUT2D eigenvalue weighted by Crippen LogP contribution is -2.37. The van der Waals surface area contributed by atoms with E-state index in [-0.39, 0.29) is 11.2 Å². The third-order valence-corrected chi connectivity index (χ3v) is 5.10. The van der Waals surface area contributed by atoms with Crippen molar-refractivity contribution in [2.24, 2.45) is 0 Å². The van der Waals surface area contributed by atoms with Gasteiger partial charge in [-0.1, -0.05) is 24.3 Å². The van der Waals surface area contributed by atoms with Gasteiger partial charge in [-0.15, -0.1) is 0 Å². The number of Topliss-reactive ketones (excluding diaryl/α,β-unsaturated/α-hetero) is 1. The average Bonchev–Trinajstić information content (AvgIpc) is 2.64. The van der Waals surface area contributed by atoms with Crippen molar-refractivity contribution in [1.29, 1.82) is 0 Å². The fourth-order valence-electron chi connectivity index (χ4n) is 3.89. The number of carbonyl (C=O) groups is 1. The molecule has 0 amide bonds. The third kappa shape index (κ3) is 2.32. The first kappa shape index (κ1) is 16.8. The van der Waals surface area contributed by atoms with Crippen molar-refractivity contribution in [2.45, 2.75) is 19.4 Å². The molecule has 0 atom stereocenters. The Labute approximate surface area is 160 Å². The predicted molar refractivity (Wildman–Crippen MR) is 108 cm³/mol. The highest BCUT2D eigenvalue weighted by molar-refractivity contribution is 6.17. The first-order chi connectivity index (χ1) is 13.4. The van der Waals surface area contributed by atoms with Crippen molar-refractivity contribution in [3.63, 3.8) is 0 Å². The lowest BCUT2D eigenvalue weighted by atomic mass is 9.91. The largest absolute Gasteiger partial charge is 0.496 e. The van der Waals surface area contributed by atoms with Crippen LogP contribution >= 0.6 is 0 Å². The van der Waals surface area contributed by atoms with Crippen LogP contribution in [0.25, 0.3) is 32.6 Å². The van der Waals surface area contributed by atoms with Crippen LogP contribution in [0.15, 0.2) is 47.3 Å². The number of hydrogen-bond donors (Lipinski definition) is 1. The van der Waals surface area contributed by atoms with E-state index in [1.165, 1.54) is 7.11 Å². The van der Waals surface area contributed by atoms with E-state index in [2.05, 4.69) is 11.4 Å². The molecule has 0 unspecified atom stereocenters. The maximum absolute atomic E-state index is 13.4. The Balaban J connectivity index is 1.97. The molecule has 5 heteroatoms. The fraction of sp³-hybridized carbons (Fsp3) is 0.174. The second-order valence-electron chi connectivity index (χ2n) is 7.47. The molecule has 28 heavy (non-hydrogen) atoms. The van der Waals surface area contributed by atoms with E-state index < -0.39 is 5.60 Å². The summed E-state index contributed by atoms with van der Waals surface area (Å²) in [6, 6.07) is 13.2. The van der Waals surface area contributed by atoms with Crippen molar-refractivity contribution in [2.75, 3.05) is 7.11 Å². The first-order valence-electron chi connectivity index (χ1n) is 8.99. The Morgan fingerprint density at radius 3 is 2.50 bits per heavy atom. The van der Waals surface area contributed by atoms with Crippen molar-refractivity contribution in [3.05, 3.63) is 64.7 Å². The minimum Gasteiger partial charge on any atom is -0.496 e. The van der Waals surface area contributed by atoms with Gasteiger partial charge in [0.05, 0.1) is 29.1 Å². The SMILES string of the molecule is COc1cc2c(c3[nH]c4cc5ccccc5cc4c(=O)c13)C(=O)[C]C(C)(C)O2. The molecule has 0 fully saturated rings. The van der Waals surface area contributed by atoms with Crippen LogP contribution in [-0.4, -0.2) is 23.5 Å². The van der Waals surface area contributed by atoms with Crippen LogP contribution in [0.2, 0.25) is 0 Å². The van der Waals surface area contributed by atoms with E-state index in [0.717, 1.165) is 10.8 Å². The molecule has 0 saturated carbocycles. The van der Waals surface area contributed by atoms with Crippen LogP contribution in [0.3, 0.4) is 0 Å². The van der Waals surface area contributed by atoms with Crippen molar-refractivity contribution < 1.29 is 14.3 Å². The molecule has 1 N–H and O–H groups in total. The molecule has 4 aromatic rings. The van der Waals surface area contributed by atoms with E-state index in [0.29, 0.717) is 38.9 Å². The van der Waals surface area contributed by atoms with Crippen molar-refractivity contribution >= 4 is 38.4 Å². The van der Waals surface area contributed by atoms with E-state index >= 15 is 0 Å². The second kappa shape index (κ2) is 5.58. The maximum atomic E-state index is 13.4. The van der Waals surface area contributed by atoms with Gasteiger partial charge in [0.15, 0.2) is 5.78 Å². The number of pyridine rings is 1. The zero-order chi connectivity index (χ0) is 19.6. The van der Waals surface area contributed by atoms with Crippen LogP contribution < -0.4 is 14.9 Å². The number of aromatic nitrogens is 1. The number of H-pyrrole nitrogens is 1. The number of aromatic amines is 1. The molecule has 138 valence electrons. The number of benzene rings is 3. The van der Waals surface area contributed by atoms with Gasteiger partial charge in [-0.3, -0.25) is 9.59 Å². The van der Waals surface area contributed by atoms with Gasteiger partial charge in [-0.25, -0.2) is 0 Å². The topological polar surface area (TPSA) is 68.4 Å². The molecular weight excluding hydrogens is 354 g/mol. The monoisotopic (exact) mass is 371 g/mol. The maximum Gasteiger partial charge on any atom is 0.201 e. The number of carbonyl (C=O) groups excluding carboxylic acids is 1. The highest BCUT2D eigenvalue weighted by Gasteiger charge is 2.36. The van der Waals surface area contributed by atoms with Crippen molar-refractivity contribution in [1.82, 2.24) is 4.98 Å². The van der Waals surface area contributed by atoms with Gasteiger partial charge in [-0.05, 0) is 36.8 Å². The summed E-state index contributed by atoms with van der Waals surface area (Å²) in [5.74, 6) is 0.458. The lowest BCUT2D eigenvalue weighted by Gasteiger charge is -2.31. The summed E-state index contributed by atoms with van der Waals surface area (Å²) in [5.41, 5.74) is 0.337. The zero-order valence-electron chi connectivity index (χ0n) is 15.7. The normalized spacial score (nSPS) is 15.6. The number of hydrogen-bond acceptors (Lipinski definition) is 4. The number of methoxy groups -OCH3 is 1. The Morgan fingerprint density at radius 2 is 1.79 bits per heavy atom. The van der Waals surface area contributed by atoms with Crippen LogP contribution in [0.4, 0.5) is 0 Å². The fourth-order valence-corrected chi connectivity index (χ4v) is 3.89. The van der Waals surface area contributed by atoms with E-state index in [1.807, 2.05) is 36.4 Å². The molecule has 1 aliphatic heterocycles. The number of nitrogens with one attached hydrogen (secondary N) is 1. The molecule has 0 aliphatic carbocycles. The molecular formula is C23H17NO4. The Bertz CT molecular complexity index is 1360. The molecule has 2 radical (unpaired) electrons. The Kier molecular flexibility index (Phi) is 3.35. The zero-order valence-corrected chi connectivity index (χ0v) is 15.7. The van der Waals surface area contributed by atoms with Gasteiger partial charge in [0.2, 0.25) is 5.43 Å². The smallest absolute Gasteiger partial charge is 0.201 e. The third-order valence-electron chi connectivity index (χ3n) is 5.10. The van der Waals surface area contributed by atoms with Crippen molar-refractivity contribution in [3.8, 4) is 11.5 Å². The molecule has 0 saturated heterocycles. The number of fused-ring (bicyclic) bond motifs is 5. The molecule has 1 aromatic heterocycles. The molecule has 1 aliphatic rings. The van der Waals surface area contributed by atoms with E-state index in [4.69, 9.17) is 9.47 Å². The number of rotatable bonds is 1. The van der Waals surface area contributed by atoms with Gasteiger partial charge in [0.25, 0.3) is 0 Å². The van der Waals surface area contributed by atoms with Crippen LogP contribution in [-0.2, 0) is 0 Å². The molecule has 5 rings (SSSR count). The summed E-state index contributed by atoms with van der Waals surface area (Å²) in [7, 11) is 1.50. The molecule has 5 nitrogen and oxygen atoms in total. The van der Waals surface area contributed by atoms with Gasteiger partial charge < -0.3 is 14.5 Å². The van der Waals surface area contributed by atoms with Gasteiger partial charge in [0.1, 0.15) is 23.5 Å². The summed E-state index contributed by atoms with van der Waals surface area (Å²) < 4.78 is 11.4. The quantitative estimate of drug-likeness (QED) is 0.507. The summed E-state index contributed by atoms with van der Waals surface area (Å²) in [4.78, 5) is 29.5. The minimum absolute atomic E-state index is 0.188. The van der Waals surface area contributed by atoms with Crippen LogP contribution in [0, 0.1) is 6.42 Å². The molecule has 3 aromatic carbocycles. The second-order valence-corrected chi connectivity index (χ2v) is 7.47. The lowest BCUT2D eigenvalue weighted by molar-refractivity contribution is 0.0840. The molecule has 2 heterocycles. The predicted octanol–water partition coefficient (Wildman–Crippen LogP) is 4.28. The highest BCUT2D eigenvalue weighted by atomic mass is 16.5. The summed E-state index contributed by atoms with van der Waals surface area (Å²) in [5, 5.41) is 2.85. The number of ether oxygens (including phenoxy) is 2. The molecule has 0 spiro atoms. The molecule has 0 bridgehead atoms. The average molecular weight is 371 g/mol. The van der Waals surface area contributed by atoms with E-state index in [9.17, 15) is 9.59 Å². The summed E-state index contributed by atoms with van der Waals surface area (Å²) >= 11 is 0. The van der Waals surface area contributed by atoms with Crippen LogP contribution in [0.5, 0.6) is 11.5 Å². The Morgan fingerprint density at radius 1 is 1.07 bits per heavy atom. The summed E-state index contributed by atoms with van der Waals surface area (Å²) in [6.45, 7) is 3.53. The first-order valence-corrected chi connectivity index (χ1v) is 8.99. The van der Waals surface area contributed by atoms with Gasteiger partial charge in [0, 0.05) is 11.5 Å². The number of ketones is 1. The highest BCUT2D eigenvalue weighted by Crippen LogP contribution is 2.40. The minimum atomic E-state index is -0.851. The van der Waals surface area contributed by atoms with Gasteiger partial charge >= 0.3 is 0 Å². The Hall–Kier alpha value is -3.34. The van der Waals surface area contributed by atoms with E-state index in [1.54, 1.807) is 19.9 Å².